The average Bonchev–Trinajstić information content (AvgIpc) is 1.96. The van der Waals surface area contributed by atoms with E-state index in [0.29, 0.717) is 18.4 Å². The lowest BCUT2D eigenvalue weighted by molar-refractivity contribution is -0.136. The topological polar surface area (TPSA) is 20.3 Å². The average molecular weight is 276 g/mol. The molecule has 2 nitrogen and oxygen atoms in total. The third-order valence-electron chi connectivity index (χ3n) is 2.84. The van der Waals surface area contributed by atoms with Crippen LogP contribution < -0.4 is 0 Å². The van der Waals surface area contributed by atoms with Crippen molar-refractivity contribution in [2.45, 2.75) is 52.5 Å². The van der Waals surface area contributed by atoms with Crippen molar-refractivity contribution < 1.29 is 4.79 Å². The van der Waals surface area contributed by atoms with Crippen molar-refractivity contribution >= 4 is 21.8 Å². The molecule has 0 unspecified atom stereocenters. The van der Waals surface area contributed by atoms with Gasteiger partial charge in [0.05, 0.1) is 0 Å². The fourth-order valence-electron chi connectivity index (χ4n) is 1.86. The molecular formula is C12H22BrNO. The smallest absolute Gasteiger partial charge is 0.223 e. The molecule has 0 radical (unpaired) electrons. The summed E-state index contributed by atoms with van der Waals surface area (Å²) in [5.41, 5.74) is 0.103. The predicted octanol–water partition coefficient (Wildman–Crippen LogP) is 3.20. The molecule has 0 aromatic carbocycles. The second-order valence-electron chi connectivity index (χ2n) is 5.60. The van der Waals surface area contributed by atoms with Crippen LogP contribution in [0.1, 0.15) is 46.5 Å². The Bertz CT molecular complexity index is 218. The number of amides is 1. The first kappa shape index (κ1) is 13.0. The van der Waals surface area contributed by atoms with E-state index in [4.69, 9.17) is 0 Å². The van der Waals surface area contributed by atoms with Gasteiger partial charge in [0.2, 0.25) is 5.91 Å². The lowest BCUT2D eigenvalue weighted by Gasteiger charge is -2.38. The minimum Gasteiger partial charge on any atom is -0.339 e. The van der Waals surface area contributed by atoms with Crippen molar-refractivity contribution in [1.82, 2.24) is 4.90 Å². The first-order valence-corrected chi connectivity index (χ1v) is 6.91. The Balaban J connectivity index is 2.50. The van der Waals surface area contributed by atoms with Gasteiger partial charge in [-0.3, -0.25) is 4.79 Å². The number of nitrogens with zero attached hydrogens (tertiary/aromatic N) is 1. The molecule has 1 aliphatic carbocycles. The third kappa shape index (κ3) is 4.13. The molecule has 0 heterocycles. The van der Waals surface area contributed by atoms with Gasteiger partial charge in [-0.2, -0.15) is 0 Å². The second kappa shape index (κ2) is 5.33. The number of alkyl halides is 1. The van der Waals surface area contributed by atoms with E-state index in [1.54, 1.807) is 0 Å². The van der Waals surface area contributed by atoms with Crippen LogP contribution >= 0.6 is 15.9 Å². The van der Waals surface area contributed by atoms with Gasteiger partial charge in [0.15, 0.2) is 0 Å². The Kier molecular flexibility index (Phi) is 4.63. The molecule has 0 N–H and O–H groups in total. The van der Waals surface area contributed by atoms with Crippen molar-refractivity contribution in [2.75, 3.05) is 11.9 Å². The molecule has 0 aromatic heterocycles. The number of rotatable bonds is 4. The highest BCUT2D eigenvalue weighted by Gasteiger charge is 2.29. The Morgan fingerprint density at radius 3 is 2.33 bits per heavy atom. The van der Waals surface area contributed by atoms with E-state index >= 15 is 0 Å². The molecule has 0 spiro atoms. The van der Waals surface area contributed by atoms with Gasteiger partial charge < -0.3 is 4.90 Å². The molecule has 88 valence electrons. The molecular weight excluding hydrogens is 254 g/mol. The highest BCUT2D eigenvalue weighted by Crippen LogP contribution is 2.28. The summed E-state index contributed by atoms with van der Waals surface area (Å²) in [5, 5.41) is 0.888. The second-order valence-corrected chi connectivity index (χ2v) is 6.39. The number of carbonyl (C=O) groups excluding carboxylic acids is 1. The van der Waals surface area contributed by atoms with Crippen molar-refractivity contribution in [3.63, 3.8) is 0 Å². The lowest BCUT2D eigenvalue weighted by atomic mass is 9.88. The number of carbonyl (C=O) groups is 1. The van der Waals surface area contributed by atoms with Crippen LogP contribution in [-0.4, -0.2) is 28.7 Å². The molecule has 3 heteroatoms. The zero-order valence-corrected chi connectivity index (χ0v) is 11.6. The van der Waals surface area contributed by atoms with E-state index < -0.39 is 0 Å². The number of halogens is 1. The minimum absolute atomic E-state index is 0.103. The van der Waals surface area contributed by atoms with Crippen LogP contribution in [0, 0.1) is 5.41 Å². The molecule has 15 heavy (non-hydrogen) atoms. The largest absolute Gasteiger partial charge is 0.339 e. The zero-order chi connectivity index (χ0) is 11.5. The van der Waals surface area contributed by atoms with Gasteiger partial charge in [0, 0.05) is 24.3 Å². The summed E-state index contributed by atoms with van der Waals surface area (Å²) in [6, 6.07) is 0.525. The maximum atomic E-state index is 12.1. The Labute approximate surface area is 102 Å². The van der Waals surface area contributed by atoms with Gasteiger partial charge in [-0.05, 0) is 24.7 Å². The van der Waals surface area contributed by atoms with E-state index in [1.807, 2.05) is 0 Å². The van der Waals surface area contributed by atoms with Crippen LogP contribution in [0.4, 0.5) is 0 Å². The van der Waals surface area contributed by atoms with E-state index in [0.717, 1.165) is 11.9 Å². The molecule has 0 saturated heterocycles. The van der Waals surface area contributed by atoms with Crippen molar-refractivity contribution in [2.24, 2.45) is 5.41 Å². The van der Waals surface area contributed by atoms with E-state index in [2.05, 4.69) is 41.6 Å². The van der Waals surface area contributed by atoms with Gasteiger partial charge in [0.1, 0.15) is 0 Å². The van der Waals surface area contributed by atoms with Crippen LogP contribution in [0.5, 0.6) is 0 Å². The van der Waals surface area contributed by atoms with Gasteiger partial charge in [0.25, 0.3) is 0 Å². The summed E-state index contributed by atoms with van der Waals surface area (Å²) >= 11 is 3.43. The van der Waals surface area contributed by atoms with Crippen LogP contribution in [0.2, 0.25) is 0 Å². The van der Waals surface area contributed by atoms with E-state index in [1.165, 1.54) is 19.3 Å². The first-order chi connectivity index (χ1) is 6.94. The van der Waals surface area contributed by atoms with Crippen LogP contribution in [-0.2, 0) is 4.79 Å². The Hall–Kier alpha value is -0.0500. The molecule has 0 atom stereocenters. The first-order valence-electron chi connectivity index (χ1n) is 5.79. The summed E-state index contributed by atoms with van der Waals surface area (Å²) in [6.07, 6.45) is 4.34. The Morgan fingerprint density at radius 1 is 1.40 bits per heavy atom. The third-order valence-corrected chi connectivity index (χ3v) is 3.20. The molecule has 0 aromatic rings. The summed E-state index contributed by atoms with van der Waals surface area (Å²) < 4.78 is 0. The molecule has 1 saturated carbocycles. The standard InChI is InChI=1S/C12H22BrNO/c1-12(2,3)9-11(15)14(8-7-13)10-5-4-6-10/h10H,4-9H2,1-3H3. The van der Waals surface area contributed by atoms with Gasteiger partial charge in [-0.1, -0.05) is 36.7 Å². The molecule has 0 aliphatic heterocycles. The predicted molar refractivity (Wildman–Crippen MR) is 67.2 cm³/mol. The van der Waals surface area contributed by atoms with Crippen molar-refractivity contribution in [3.8, 4) is 0 Å². The quantitative estimate of drug-likeness (QED) is 0.722. The molecule has 1 aliphatic rings. The van der Waals surface area contributed by atoms with Crippen molar-refractivity contribution in [3.05, 3.63) is 0 Å². The summed E-state index contributed by atoms with van der Waals surface area (Å²) in [7, 11) is 0. The van der Waals surface area contributed by atoms with Crippen LogP contribution in [0.3, 0.4) is 0 Å². The molecule has 1 amide bonds. The summed E-state index contributed by atoms with van der Waals surface area (Å²) in [6.45, 7) is 7.23. The van der Waals surface area contributed by atoms with E-state index in [-0.39, 0.29) is 5.41 Å². The monoisotopic (exact) mass is 275 g/mol. The highest BCUT2D eigenvalue weighted by molar-refractivity contribution is 9.09. The number of hydrogen-bond acceptors (Lipinski definition) is 1. The van der Waals surface area contributed by atoms with Crippen LogP contribution in [0.15, 0.2) is 0 Å². The molecule has 0 bridgehead atoms. The normalized spacial score (nSPS) is 17.3. The zero-order valence-electron chi connectivity index (χ0n) is 10.1. The maximum absolute atomic E-state index is 12.1. The fraction of sp³-hybridized carbons (Fsp3) is 0.917. The van der Waals surface area contributed by atoms with E-state index in [9.17, 15) is 4.79 Å². The number of hydrogen-bond donors (Lipinski definition) is 0. The molecule has 1 rings (SSSR count). The van der Waals surface area contributed by atoms with Gasteiger partial charge in [-0.25, -0.2) is 0 Å². The Morgan fingerprint density at radius 2 is 2.00 bits per heavy atom. The van der Waals surface area contributed by atoms with Crippen LogP contribution in [0.25, 0.3) is 0 Å². The van der Waals surface area contributed by atoms with Gasteiger partial charge >= 0.3 is 0 Å². The van der Waals surface area contributed by atoms with Gasteiger partial charge in [-0.15, -0.1) is 0 Å². The fourth-order valence-corrected chi connectivity index (χ4v) is 2.24. The highest BCUT2D eigenvalue weighted by atomic mass is 79.9. The summed E-state index contributed by atoms with van der Waals surface area (Å²) in [5.74, 6) is 0.326. The maximum Gasteiger partial charge on any atom is 0.223 e. The molecule has 1 fully saturated rings. The lowest BCUT2D eigenvalue weighted by Crippen LogP contribution is -2.46. The summed E-state index contributed by atoms with van der Waals surface area (Å²) in [4.78, 5) is 14.2. The minimum atomic E-state index is 0.103. The van der Waals surface area contributed by atoms with Crippen molar-refractivity contribution in [1.29, 1.82) is 0 Å². The SMILES string of the molecule is CC(C)(C)CC(=O)N(CCBr)C1CCC1.